The lowest BCUT2D eigenvalue weighted by molar-refractivity contribution is -0.154. The molecule has 1 heterocycles. The van der Waals surface area contributed by atoms with Gasteiger partial charge in [0.25, 0.3) is 0 Å². The summed E-state index contributed by atoms with van der Waals surface area (Å²) in [7, 11) is 0. The highest BCUT2D eigenvalue weighted by Crippen LogP contribution is 2.36. The van der Waals surface area contributed by atoms with Gasteiger partial charge < -0.3 is 15.7 Å². The topological polar surface area (TPSA) is 78.4 Å². The highest BCUT2D eigenvalue weighted by Gasteiger charge is 2.49. The third-order valence-corrected chi connectivity index (χ3v) is 4.60. The van der Waals surface area contributed by atoms with E-state index < -0.39 is 16.9 Å². The first kappa shape index (κ1) is 13.3. The first-order valence-corrected chi connectivity index (χ1v) is 6.81. The number of carboxylic acid groups (broad SMARTS) is 1. The van der Waals surface area contributed by atoms with Gasteiger partial charge in [-0.25, -0.2) is 4.79 Å². The van der Waals surface area contributed by atoms with Crippen molar-refractivity contribution >= 4 is 11.9 Å². The molecule has 1 unspecified atom stereocenters. The number of carboxylic acids is 1. The quantitative estimate of drug-likeness (QED) is 0.696. The minimum absolute atomic E-state index is 0.0840. The Hall–Kier alpha value is -1.10. The summed E-state index contributed by atoms with van der Waals surface area (Å²) in [6.45, 7) is 3.60. The smallest absolute Gasteiger partial charge is 0.329 e. The van der Waals surface area contributed by atoms with E-state index in [1.54, 1.807) is 0 Å². The Bertz CT molecular complexity index is 344. The molecule has 1 saturated carbocycles. The minimum Gasteiger partial charge on any atom is -0.480 e. The molecule has 1 aliphatic carbocycles. The van der Waals surface area contributed by atoms with E-state index >= 15 is 0 Å². The van der Waals surface area contributed by atoms with Gasteiger partial charge in [-0.15, -0.1) is 0 Å². The molecule has 0 radical (unpaired) electrons. The predicted molar refractivity (Wildman–Crippen MR) is 67.2 cm³/mol. The molecule has 102 valence electrons. The lowest BCUT2D eigenvalue weighted by atomic mass is 9.73. The van der Waals surface area contributed by atoms with Crippen LogP contribution in [0.15, 0.2) is 0 Å². The maximum absolute atomic E-state index is 12.4. The van der Waals surface area contributed by atoms with Crippen LogP contribution in [0.25, 0.3) is 0 Å². The fraction of sp³-hybridized carbons (Fsp3) is 0.846. The van der Waals surface area contributed by atoms with Crippen LogP contribution in [0, 0.1) is 5.41 Å². The fourth-order valence-electron chi connectivity index (χ4n) is 2.90. The van der Waals surface area contributed by atoms with E-state index in [0.717, 1.165) is 32.2 Å². The molecule has 2 fully saturated rings. The lowest BCUT2D eigenvalue weighted by Crippen LogP contribution is -2.63. The normalized spacial score (nSPS) is 30.3. The number of hydrogen-bond acceptors (Lipinski definition) is 3. The minimum atomic E-state index is -0.989. The Kier molecular flexibility index (Phi) is 3.61. The Balaban J connectivity index is 2.08. The SMILES string of the molecule is CCC1(C(=O)NC2(C(=O)O)CCC2)CCCNC1. The van der Waals surface area contributed by atoms with Gasteiger partial charge in [-0.2, -0.15) is 0 Å². The van der Waals surface area contributed by atoms with Gasteiger partial charge in [-0.1, -0.05) is 6.92 Å². The number of carbonyl (C=O) groups excluding carboxylic acids is 1. The molecular weight excluding hydrogens is 232 g/mol. The van der Waals surface area contributed by atoms with Gasteiger partial charge >= 0.3 is 5.97 Å². The third kappa shape index (κ3) is 2.11. The molecule has 0 aromatic carbocycles. The Morgan fingerprint density at radius 1 is 1.28 bits per heavy atom. The number of carbonyl (C=O) groups is 2. The van der Waals surface area contributed by atoms with Crippen LogP contribution in [0.3, 0.4) is 0 Å². The van der Waals surface area contributed by atoms with Crippen molar-refractivity contribution in [2.45, 2.75) is 51.0 Å². The van der Waals surface area contributed by atoms with E-state index in [2.05, 4.69) is 10.6 Å². The first-order chi connectivity index (χ1) is 8.55. The van der Waals surface area contributed by atoms with Gasteiger partial charge in [0.05, 0.1) is 5.41 Å². The van der Waals surface area contributed by atoms with Gasteiger partial charge in [-0.3, -0.25) is 4.79 Å². The molecule has 5 heteroatoms. The van der Waals surface area contributed by atoms with Crippen LogP contribution in [0.1, 0.15) is 45.4 Å². The highest BCUT2D eigenvalue weighted by molar-refractivity contribution is 5.90. The van der Waals surface area contributed by atoms with Crippen LogP contribution in [0.4, 0.5) is 0 Å². The Labute approximate surface area is 107 Å². The third-order valence-electron chi connectivity index (χ3n) is 4.60. The number of rotatable bonds is 4. The molecule has 1 atom stereocenters. The summed E-state index contributed by atoms with van der Waals surface area (Å²) < 4.78 is 0. The van der Waals surface area contributed by atoms with E-state index in [1.807, 2.05) is 6.92 Å². The average Bonchev–Trinajstić information content (AvgIpc) is 2.33. The fourth-order valence-corrected chi connectivity index (χ4v) is 2.90. The Morgan fingerprint density at radius 3 is 2.39 bits per heavy atom. The van der Waals surface area contributed by atoms with Crippen molar-refractivity contribution in [1.29, 1.82) is 0 Å². The summed E-state index contributed by atoms with van der Waals surface area (Å²) in [5.74, 6) is -0.976. The van der Waals surface area contributed by atoms with Gasteiger partial charge in [0.2, 0.25) is 5.91 Å². The molecule has 2 aliphatic rings. The van der Waals surface area contributed by atoms with E-state index in [0.29, 0.717) is 19.4 Å². The maximum atomic E-state index is 12.4. The van der Waals surface area contributed by atoms with E-state index in [-0.39, 0.29) is 5.91 Å². The average molecular weight is 254 g/mol. The summed E-state index contributed by atoms with van der Waals surface area (Å²) in [5, 5.41) is 15.3. The van der Waals surface area contributed by atoms with Crippen molar-refractivity contribution in [1.82, 2.24) is 10.6 Å². The molecule has 1 amide bonds. The number of amides is 1. The Morgan fingerprint density at radius 2 is 2.00 bits per heavy atom. The van der Waals surface area contributed by atoms with Gasteiger partial charge in [0.1, 0.15) is 5.54 Å². The molecule has 2 rings (SSSR count). The van der Waals surface area contributed by atoms with Gasteiger partial charge in [0, 0.05) is 6.54 Å². The number of piperidine rings is 1. The van der Waals surface area contributed by atoms with Crippen molar-refractivity contribution in [3.63, 3.8) is 0 Å². The second-order valence-corrected chi connectivity index (χ2v) is 5.61. The van der Waals surface area contributed by atoms with Gasteiger partial charge in [0.15, 0.2) is 0 Å². The largest absolute Gasteiger partial charge is 0.480 e. The van der Waals surface area contributed by atoms with Crippen LogP contribution in [0.5, 0.6) is 0 Å². The van der Waals surface area contributed by atoms with Crippen LogP contribution in [0.2, 0.25) is 0 Å². The van der Waals surface area contributed by atoms with Crippen molar-refractivity contribution < 1.29 is 14.7 Å². The van der Waals surface area contributed by atoms with Crippen molar-refractivity contribution in [3.8, 4) is 0 Å². The van der Waals surface area contributed by atoms with E-state index in [9.17, 15) is 14.7 Å². The second-order valence-electron chi connectivity index (χ2n) is 5.61. The molecule has 0 aromatic heterocycles. The summed E-state index contributed by atoms with van der Waals surface area (Å²) in [6.07, 6.45) is 4.56. The summed E-state index contributed by atoms with van der Waals surface area (Å²) >= 11 is 0. The molecule has 1 aliphatic heterocycles. The van der Waals surface area contributed by atoms with Crippen LogP contribution in [-0.2, 0) is 9.59 Å². The van der Waals surface area contributed by atoms with Crippen molar-refractivity contribution in [3.05, 3.63) is 0 Å². The van der Waals surface area contributed by atoms with Gasteiger partial charge in [-0.05, 0) is 45.1 Å². The molecule has 18 heavy (non-hydrogen) atoms. The predicted octanol–water partition coefficient (Wildman–Crippen LogP) is 0.890. The molecule has 5 nitrogen and oxygen atoms in total. The van der Waals surface area contributed by atoms with E-state index in [4.69, 9.17) is 0 Å². The van der Waals surface area contributed by atoms with Crippen molar-refractivity contribution in [2.24, 2.45) is 5.41 Å². The second kappa shape index (κ2) is 4.88. The van der Waals surface area contributed by atoms with Crippen LogP contribution >= 0.6 is 0 Å². The number of hydrogen-bond donors (Lipinski definition) is 3. The summed E-state index contributed by atoms with van der Waals surface area (Å²) in [4.78, 5) is 23.7. The molecule has 3 N–H and O–H groups in total. The zero-order valence-corrected chi connectivity index (χ0v) is 10.9. The van der Waals surface area contributed by atoms with Crippen molar-refractivity contribution in [2.75, 3.05) is 13.1 Å². The van der Waals surface area contributed by atoms with E-state index in [1.165, 1.54) is 0 Å². The van der Waals surface area contributed by atoms with Crippen LogP contribution in [-0.4, -0.2) is 35.6 Å². The number of aliphatic carboxylic acids is 1. The monoisotopic (exact) mass is 254 g/mol. The number of nitrogens with one attached hydrogen (secondary N) is 2. The lowest BCUT2D eigenvalue weighted by Gasteiger charge is -2.43. The molecule has 1 saturated heterocycles. The molecule has 0 bridgehead atoms. The van der Waals surface area contributed by atoms with Crippen LogP contribution < -0.4 is 10.6 Å². The molecule has 0 aromatic rings. The zero-order valence-electron chi connectivity index (χ0n) is 10.9. The summed E-state index contributed by atoms with van der Waals surface area (Å²) in [6, 6.07) is 0. The molecule has 0 spiro atoms. The molecular formula is C13H22N2O3. The zero-order chi connectivity index (χ0) is 13.2. The standard InChI is InChI=1S/C13H22N2O3/c1-2-12(5-4-8-14-9-12)10(16)15-13(11(17)18)6-3-7-13/h14H,2-9H2,1H3,(H,15,16)(H,17,18). The first-order valence-electron chi connectivity index (χ1n) is 6.81. The summed E-state index contributed by atoms with van der Waals surface area (Å²) in [5.41, 5.74) is -1.41. The maximum Gasteiger partial charge on any atom is 0.329 e. The highest BCUT2D eigenvalue weighted by atomic mass is 16.4.